The number of carbonyl (C=O) groups is 2. The first kappa shape index (κ1) is 23.9. The van der Waals surface area contributed by atoms with E-state index in [-0.39, 0.29) is 28.6 Å². The third-order valence-electron chi connectivity index (χ3n) is 5.42. The van der Waals surface area contributed by atoms with Crippen molar-refractivity contribution >= 4 is 44.6 Å². The summed E-state index contributed by atoms with van der Waals surface area (Å²) in [4.78, 5) is 24.5. The van der Waals surface area contributed by atoms with E-state index in [2.05, 4.69) is 0 Å². The molecular weight excluding hydrogens is 462 g/mol. The molecule has 0 aliphatic carbocycles. The fourth-order valence-corrected chi connectivity index (χ4v) is 4.86. The van der Waals surface area contributed by atoms with Gasteiger partial charge >= 0.3 is 0 Å². The van der Waals surface area contributed by atoms with E-state index in [0.717, 1.165) is 16.5 Å². The fraction of sp³-hybridized carbons (Fsp3) is 0.0714. The van der Waals surface area contributed by atoms with E-state index in [0.29, 0.717) is 11.1 Å². The van der Waals surface area contributed by atoms with E-state index in [1.165, 1.54) is 34.5 Å². The van der Waals surface area contributed by atoms with Gasteiger partial charge in [-0.2, -0.15) is 0 Å². The van der Waals surface area contributed by atoms with Gasteiger partial charge in [0.1, 0.15) is 5.75 Å². The first-order valence-corrected chi connectivity index (χ1v) is 12.3. The molecule has 6 nitrogen and oxygen atoms in total. The predicted octanol–water partition coefficient (Wildman–Crippen LogP) is 5.15. The number of carbonyl (C=O) groups excluding carboxylic acids is 2. The third-order valence-corrected chi connectivity index (χ3v) is 7.13. The summed E-state index contributed by atoms with van der Waals surface area (Å²) in [5, 5.41) is 10.0. The van der Waals surface area contributed by atoms with Crippen molar-refractivity contribution in [3.63, 3.8) is 0 Å². The molecule has 0 spiro atoms. The van der Waals surface area contributed by atoms with Crippen LogP contribution < -0.4 is 0 Å². The number of allylic oxidation sites excluding steroid dienone is 2. The predicted molar refractivity (Wildman–Crippen MR) is 137 cm³/mol. The highest BCUT2D eigenvalue weighted by Crippen LogP contribution is 2.24. The number of hydrogen-bond acceptors (Lipinski definition) is 5. The minimum Gasteiger partial charge on any atom is -0.508 e. The van der Waals surface area contributed by atoms with E-state index >= 15 is 0 Å². The second-order valence-electron chi connectivity index (χ2n) is 8.12. The molecule has 3 aromatic carbocycles. The van der Waals surface area contributed by atoms with Gasteiger partial charge in [0.25, 0.3) is 10.0 Å². The van der Waals surface area contributed by atoms with Gasteiger partial charge in [0, 0.05) is 11.6 Å². The van der Waals surface area contributed by atoms with Crippen molar-refractivity contribution in [2.75, 3.05) is 0 Å². The minimum absolute atomic E-state index is 0.131. The summed E-state index contributed by atoms with van der Waals surface area (Å²) in [5.41, 5.74) is 2.83. The Labute approximate surface area is 203 Å². The number of hydrogen-bond donors (Lipinski definition) is 1. The summed E-state index contributed by atoms with van der Waals surface area (Å²) in [7, 11) is -3.78. The van der Waals surface area contributed by atoms with Crippen molar-refractivity contribution in [2.24, 2.45) is 0 Å². The van der Waals surface area contributed by atoms with Crippen molar-refractivity contribution in [1.29, 1.82) is 0 Å². The smallest absolute Gasteiger partial charge is 0.268 e. The van der Waals surface area contributed by atoms with Crippen LogP contribution in [-0.4, -0.2) is 29.1 Å². The molecule has 1 heterocycles. The molecule has 0 saturated carbocycles. The minimum atomic E-state index is -3.78. The molecule has 0 aliphatic rings. The summed E-state index contributed by atoms with van der Waals surface area (Å²) in [5.74, 6) is -0.582. The standard InChI is InChI=1S/C28H23NO5S/c1-20-2-14-27(15-3-20)35(33,34)29-17-16-23-9-4-22(18-28(23)29)8-13-26(32)19-25(31)12-7-21-5-10-24(30)11-6-21/h2-18,30H,19H2,1H3. The summed E-state index contributed by atoms with van der Waals surface area (Å²) >= 11 is 0. The lowest BCUT2D eigenvalue weighted by atomic mass is 10.1. The molecular formula is C28H23NO5S. The summed E-state index contributed by atoms with van der Waals surface area (Å²) < 4.78 is 27.5. The topological polar surface area (TPSA) is 93.4 Å². The molecule has 0 unspecified atom stereocenters. The molecule has 7 heteroatoms. The van der Waals surface area contributed by atoms with Gasteiger partial charge in [-0.25, -0.2) is 12.4 Å². The van der Waals surface area contributed by atoms with Crippen molar-refractivity contribution in [1.82, 2.24) is 3.97 Å². The molecule has 4 rings (SSSR count). The number of aromatic hydroxyl groups is 1. The SMILES string of the molecule is Cc1ccc(S(=O)(=O)n2ccc3ccc(C=CC(=O)CC(=O)C=Cc4ccc(O)cc4)cc32)cc1. The van der Waals surface area contributed by atoms with Crippen LogP contribution in [0.3, 0.4) is 0 Å². The number of phenolic OH excluding ortho intramolecular Hbond substituents is 1. The molecule has 35 heavy (non-hydrogen) atoms. The summed E-state index contributed by atoms with van der Waals surface area (Å²) in [6.07, 6.45) is 7.01. The molecule has 0 fully saturated rings. The molecule has 0 aliphatic heterocycles. The Hall–Kier alpha value is -4.23. The number of fused-ring (bicyclic) bond motifs is 1. The Kier molecular flexibility index (Phi) is 6.80. The van der Waals surface area contributed by atoms with Gasteiger partial charge in [-0.05, 0) is 66.6 Å². The lowest BCUT2D eigenvalue weighted by Crippen LogP contribution is -2.11. The van der Waals surface area contributed by atoms with Gasteiger partial charge in [-0.1, -0.05) is 54.1 Å². The molecule has 0 radical (unpaired) electrons. The first-order chi connectivity index (χ1) is 16.7. The Balaban J connectivity index is 1.49. The monoisotopic (exact) mass is 485 g/mol. The van der Waals surface area contributed by atoms with Crippen molar-refractivity contribution in [2.45, 2.75) is 18.2 Å². The Morgan fingerprint density at radius 3 is 2.09 bits per heavy atom. The van der Waals surface area contributed by atoms with Crippen LogP contribution in [0, 0.1) is 6.92 Å². The highest BCUT2D eigenvalue weighted by Gasteiger charge is 2.18. The zero-order valence-electron chi connectivity index (χ0n) is 19.0. The maximum absolute atomic E-state index is 13.1. The van der Waals surface area contributed by atoms with Crippen LogP contribution in [0.25, 0.3) is 23.1 Å². The molecule has 0 saturated heterocycles. The molecule has 0 atom stereocenters. The van der Waals surface area contributed by atoms with Crippen LogP contribution in [-0.2, 0) is 19.6 Å². The maximum atomic E-state index is 13.1. The maximum Gasteiger partial charge on any atom is 0.268 e. The Morgan fingerprint density at radius 2 is 1.43 bits per heavy atom. The normalized spacial score (nSPS) is 12.0. The number of phenols is 1. The highest BCUT2D eigenvalue weighted by molar-refractivity contribution is 7.90. The largest absolute Gasteiger partial charge is 0.508 e. The molecule has 4 aromatic rings. The zero-order chi connectivity index (χ0) is 25.0. The molecule has 1 N–H and O–H groups in total. The van der Waals surface area contributed by atoms with Gasteiger partial charge < -0.3 is 5.11 Å². The zero-order valence-corrected chi connectivity index (χ0v) is 19.8. The number of nitrogens with zero attached hydrogens (tertiary/aromatic N) is 1. The van der Waals surface area contributed by atoms with Gasteiger partial charge in [0.2, 0.25) is 0 Å². The van der Waals surface area contributed by atoms with E-state index in [4.69, 9.17) is 0 Å². The van der Waals surface area contributed by atoms with Crippen molar-refractivity contribution in [3.8, 4) is 5.75 Å². The van der Waals surface area contributed by atoms with E-state index in [9.17, 15) is 23.1 Å². The number of aryl methyl sites for hydroxylation is 1. The van der Waals surface area contributed by atoms with Crippen LogP contribution in [0.5, 0.6) is 5.75 Å². The molecule has 0 amide bonds. The van der Waals surface area contributed by atoms with Gasteiger partial charge in [-0.3, -0.25) is 9.59 Å². The van der Waals surface area contributed by atoms with Crippen LogP contribution in [0.1, 0.15) is 23.1 Å². The quantitative estimate of drug-likeness (QED) is 0.275. The summed E-state index contributed by atoms with van der Waals surface area (Å²) in [6.45, 7) is 1.89. The Bertz CT molecular complexity index is 1560. The van der Waals surface area contributed by atoms with Crippen LogP contribution in [0.2, 0.25) is 0 Å². The lowest BCUT2D eigenvalue weighted by molar-refractivity contribution is -0.121. The molecule has 1 aromatic heterocycles. The van der Waals surface area contributed by atoms with Crippen LogP contribution in [0.15, 0.2) is 96.0 Å². The Morgan fingerprint density at radius 1 is 0.829 bits per heavy atom. The average Bonchev–Trinajstić information content (AvgIpc) is 3.27. The summed E-state index contributed by atoms with van der Waals surface area (Å²) in [6, 6.07) is 20.0. The molecule has 0 bridgehead atoms. The van der Waals surface area contributed by atoms with E-state index in [1.54, 1.807) is 72.8 Å². The average molecular weight is 486 g/mol. The van der Waals surface area contributed by atoms with E-state index < -0.39 is 10.0 Å². The second-order valence-corrected chi connectivity index (χ2v) is 9.93. The van der Waals surface area contributed by atoms with Crippen LogP contribution in [0.4, 0.5) is 0 Å². The van der Waals surface area contributed by atoms with Gasteiger partial charge in [-0.15, -0.1) is 0 Å². The first-order valence-electron chi connectivity index (χ1n) is 10.9. The third kappa shape index (κ3) is 5.65. The van der Waals surface area contributed by atoms with Crippen molar-refractivity contribution in [3.05, 3.63) is 108 Å². The van der Waals surface area contributed by atoms with Crippen LogP contribution >= 0.6 is 0 Å². The lowest BCUT2D eigenvalue weighted by Gasteiger charge is -2.08. The van der Waals surface area contributed by atoms with E-state index in [1.807, 2.05) is 6.92 Å². The number of ketones is 2. The number of aromatic nitrogens is 1. The van der Waals surface area contributed by atoms with Gasteiger partial charge in [0.05, 0.1) is 16.8 Å². The second kappa shape index (κ2) is 9.95. The fourth-order valence-electron chi connectivity index (χ4n) is 3.51. The highest BCUT2D eigenvalue weighted by atomic mass is 32.2. The molecule has 176 valence electrons. The van der Waals surface area contributed by atoms with Crippen molar-refractivity contribution < 1.29 is 23.1 Å². The number of rotatable bonds is 8. The van der Waals surface area contributed by atoms with Gasteiger partial charge in [0.15, 0.2) is 11.6 Å². The number of benzene rings is 3.